The predicted molar refractivity (Wildman–Crippen MR) is 454 cm³/mol. The summed E-state index contributed by atoms with van der Waals surface area (Å²) >= 11 is 0. The van der Waals surface area contributed by atoms with Crippen LogP contribution in [0.5, 0.6) is 51.7 Å². The van der Waals surface area contributed by atoms with Crippen LogP contribution in [0.2, 0.25) is 0 Å². The first kappa shape index (κ1) is 88.6. The lowest BCUT2D eigenvalue weighted by atomic mass is 9.79. The fraction of sp³-hybridized carbons (Fsp3) is 0.567. The summed E-state index contributed by atoms with van der Waals surface area (Å²) in [5, 5.41) is 13.7. The van der Waals surface area contributed by atoms with Gasteiger partial charge in [0.05, 0.1) is 59.5 Å². The molecule has 6 rings (SSSR count). The van der Waals surface area contributed by atoms with E-state index in [0.717, 1.165) is 200 Å². The molecule has 10 nitrogen and oxygen atoms in total. The van der Waals surface area contributed by atoms with Gasteiger partial charge in [-0.1, -0.05) is 345 Å². The third-order valence-corrected chi connectivity index (χ3v) is 19.8. The van der Waals surface area contributed by atoms with Crippen LogP contribution in [0, 0.1) is 0 Å². The molecule has 6 aromatic rings. The van der Waals surface area contributed by atoms with E-state index in [9.17, 15) is 5.11 Å². The predicted octanol–water partition coefficient (Wildman–Crippen LogP) is 28.1. The molecular weight excluding hydrogens is 1330 g/mol. The van der Waals surface area contributed by atoms with Crippen molar-refractivity contribution >= 4 is 36.5 Å². The molecule has 0 spiro atoms. The standard InChI is InChI=1S/C97H142O10/c1-10-19-28-37-64-99-88-73-82(74-89(100-65-38-29-20-11-2)94(88)105-70-43-34-25-16-7)49-46-79-52-58-85(59-53-79)97(98,86-60-54-80(55-61-86)47-50-83-75-90(101-66-39-30-21-12-3)95(106-71-44-35-26-17-8)91(76-83)102-67-40-31-22-13-4)87-62-56-81(57-63-87)48-51-84-77-92(103-68-41-32-23-14-5)96(107-72-45-36-27-18-9)93(78-84)104-69-42-33-24-15-6/h46-63,73-78,98H,10-45,64-72H2,1-9H3/b49-46+,50-47+,51-48+. The maximum atomic E-state index is 13.7. The van der Waals surface area contributed by atoms with Gasteiger partial charge in [-0.2, -0.15) is 0 Å². The topological polar surface area (TPSA) is 103 Å². The number of unbranched alkanes of at least 4 members (excludes halogenated alkanes) is 27. The molecule has 107 heavy (non-hydrogen) atoms. The molecule has 0 fully saturated rings. The fourth-order valence-electron chi connectivity index (χ4n) is 13.1. The van der Waals surface area contributed by atoms with Crippen molar-refractivity contribution in [1.82, 2.24) is 0 Å². The lowest BCUT2D eigenvalue weighted by Gasteiger charge is -2.30. The maximum absolute atomic E-state index is 13.7. The second kappa shape index (κ2) is 55.2. The highest BCUT2D eigenvalue weighted by Crippen LogP contribution is 2.44. The molecule has 1 N–H and O–H groups in total. The molecule has 10 heteroatoms. The van der Waals surface area contributed by atoms with Crippen molar-refractivity contribution in [2.45, 2.75) is 299 Å². The minimum atomic E-state index is -1.54. The number of hydrogen-bond acceptors (Lipinski definition) is 10. The van der Waals surface area contributed by atoms with Crippen molar-refractivity contribution < 1.29 is 47.7 Å². The SMILES string of the molecule is CCCCCCOc1cc(/C=C/c2ccc(C(O)(c3ccc(/C=C/c4cc(OCCCCCC)c(OCCCCCC)c(OCCCCCC)c4)cc3)c3ccc(/C=C/c4cc(OCCCCCC)c(OCCCCCC)c(OCCCCCC)c4)cc3)cc2)cc(OCCCCCC)c1OCCCCCC. The Morgan fingerprint density at radius 3 is 0.533 bits per heavy atom. The Labute approximate surface area is 650 Å². The number of ether oxygens (including phenoxy) is 9. The van der Waals surface area contributed by atoms with E-state index in [-0.39, 0.29) is 0 Å². The summed E-state index contributed by atoms with van der Waals surface area (Å²) in [7, 11) is 0. The van der Waals surface area contributed by atoms with Crippen molar-refractivity contribution in [1.29, 1.82) is 0 Å². The van der Waals surface area contributed by atoms with E-state index < -0.39 is 5.60 Å². The average Bonchev–Trinajstić information content (AvgIpc) is 0.760. The summed E-state index contributed by atoms with van der Waals surface area (Å²) in [6.45, 7) is 25.7. The van der Waals surface area contributed by atoms with Crippen LogP contribution in [0.1, 0.15) is 344 Å². The summed E-state index contributed by atoms with van der Waals surface area (Å²) in [4.78, 5) is 0. The number of rotatable bonds is 63. The summed E-state index contributed by atoms with van der Waals surface area (Å²) in [6.07, 6.45) is 52.9. The van der Waals surface area contributed by atoms with Crippen LogP contribution in [0.25, 0.3) is 36.5 Å². The molecular formula is C97H142O10. The zero-order valence-corrected chi connectivity index (χ0v) is 68.3. The van der Waals surface area contributed by atoms with Gasteiger partial charge in [0.15, 0.2) is 34.5 Å². The molecule has 590 valence electrons. The molecule has 0 radical (unpaired) electrons. The van der Waals surface area contributed by atoms with Gasteiger partial charge >= 0.3 is 0 Å². The van der Waals surface area contributed by atoms with Gasteiger partial charge in [-0.25, -0.2) is 0 Å². The van der Waals surface area contributed by atoms with Crippen LogP contribution in [0.4, 0.5) is 0 Å². The first-order chi connectivity index (χ1) is 52.7. The Morgan fingerprint density at radius 2 is 0.364 bits per heavy atom. The molecule has 6 aromatic carbocycles. The smallest absolute Gasteiger partial charge is 0.203 e. The second-order valence-electron chi connectivity index (χ2n) is 29.3. The number of hydrogen-bond donors (Lipinski definition) is 1. The van der Waals surface area contributed by atoms with Crippen LogP contribution in [-0.2, 0) is 5.60 Å². The van der Waals surface area contributed by atoms with Gasteiger partial charge in [-0.3, -0.25) is 0 Å². The third kappa shape index (κ3) is 33.2. The molecule has 0 amide bonds. The minimum absolute atomic E-state index is 0.615. The van der Waals surface area contributed by atoms with E-state index in [2.05, 4.69) is 208 Å². The molecule has 0 saturated heterocycles. The highest BCUT2D eigenvalue weighted by molar-refractivity contribution is 5.76. The Hall–Kier alpha value is -7.30. The average molecular weight is 1470 g/mol. The van der Waals surface area contributed by atoms with Crippen molar-refractivity contribution in [2.24, 2.45) is 0 Å². The summed E-state index contributed by atoms with van der Waals surface area (Å²) in [5.74, 6) is 6.47. The van der Waals surface area contributed by atoms with E-state index in [0.29, 0.717) is 76.7 Å². The van der Waals surface area contributed by atoms with Crippen molar-refractivity contribution in [2.75, 3.05) is 59.5 Å². The first-order valence-corrected chi connectivity index (χ1v) is 42.9. The Morgan fingerprint density at radius 1 is 0.206 bits per heavy atom. The minimum Gasteiger partial charge on any atom is -0.490 e. The molecule has 0 atom stereocenters. The Bertz CT molecular complexity index is 2910. The van der Waals surface area contributed by atoms with Crippen molar-refractivity contribution in [3.05, 3.63) is 159 Å². The normalized spacial score (nSPS) is 11.7. The monoisotopic (exact) mass is 1470 g/mol. The van der Waals surface area contributed by atoms with Gasteiger partial charge in [0.1, 0.15) is 5.60 Å². The van der Waals surface area contributed by atoms with Crippen LogP contribution in [-0.4, -0.2) is 64.6 Å². The number of aliphatic hydroxyl groups is 1. The molecule has 0 heterocycles. The van der Waals surface area contributed by atoms with E-state index in [1.54, 1.807) is 0 Å². The van der Waals surface area contributed by atoms with Gasteiger partial charge in [0.2, 0.25) is 17.2 Å². The van der Waals surface area contributed by atoms with Crippen LogP contribution in [0.3, 0.4) is 0 Å². The second-order valence-corrected chi connectivity index (χ2v) is 29.3. The number of benzene rings is 6. The van der Waals surface area contributed by atoms with Crippen molar-refractivity contribution in [3.63, 3.8) is 0 Å². The Kier molecular flexibility index (Phi) is 45.7. The third-order valence-electron chi connectivity index (χ3n) is 19.8. The zero-order chi connectivity index (χ0) is 76.0. The lowest BCUT2D eigenvalue weighted by molar-refractivity contribution is 0.125. The largest absolute Gasteiger partial charge is 0.490 e. The molecule has 0 aliphatic carbocycles. The first-order valence-electron chi connectivity index (χ1n) is 42.9. The summed E-state index contributed by atoms with van der Waals surface area (Å²) < 4.78 is 59.4. The molecule has 0 aromatic heterocycles. The highest BCUT2D eigenvalue weighted by Gasteiger charge is 2.34. The van der Waals surface area contributed by atoms with E-state index in [1.807, 2.05) is 0 Å². The van der Waals surface area contributed by atoms with Gasteiger partial charge < -0.3 is 47.7 Å². The molecule has 0 saturated carbocycles. The van der Waals surface area contributed by atoms with E-state index >= 15 is 0 Å². The molecule has 0 aliphatic rings. The molecule has 0 unspecified atom stereocenters. The van der Waals surface area contributed by atoms with Crippen LogP contribution < -0.4 is 42.6 Å². The lowest BCUT2D eigenvalue weighted by Crippen LogP contribution is -2.28. The van der Waals surface area contributed by atoms with Crippen molar-refractivity contribution in [3.8, 4) is 51.7 Å². The summed E-state index contributed by atoms with van der Waals surface area (Å²) in [6, 6.07) is 37.5. The molecule has 0 bridgehead atoms. The quantitative estimate of drug-likeness (QED) is 0.0226. The van der Waals surface area contributed by atoms with Gasteiger partial charge in [0, 0.05) is 0 Å². The van der Waals surface area contributed by atoms with Gasteiger partial charge in [-0.05, 0) is 144 Å². The van der Waals surface area contributed by atoms with Gasteiger partial charge in [-0.15, -0.1) is 0 Å². The van der Waals surface area contributed by atoms with Crippen LogP contribution in [0.15, 0.2) is 109 Å². The zero-order valence-electron chi connectivity index (χ0n) is 68.3. The van der Waals surface area contributed by atoms with Crippen LogP contribution >= 0.6 is 0 Å². The Balaban J connectivity index is 1.40. The van der Waals surface area contributed by atoms with E-state index in [1.165, 1.54) is 116 Å². The van der Waals surface area contributed by atoms with Gasteiger partial charge in [0.25, 0.3) is 0 Å². The van der Waals surface area contributed by atoms with E-state index in [4.69, 9.17) is 42.6 Å². The fourth-order valence-corrected chi connectivity index (χ4v) is 13.1. The maximum Gasteiger partial charge on any atom is 0.203 e. The molecule has 0 aliphatic heterocycles. The summed E-state index contributed by atoms with van der Waals surface area (Å²) in [5.41, 5.74) is 6.55. The highest BCUT2D eigenvalue weighted by atomic mass is 16.6.